The summed E-state index contributed by atoms with van der Waals surface area (Å²) in [4.78, 5) is 9.35. The zero-order valence-electron chi connectivity index (χ0n) is 22.7. The van der Waals surface area contributed by atoms with Gasteiger partial charge in [0.05, 0.1) is 40.1 Å². The number of aliphatic hydroxyl groups is 2. The normalized spacial score (nSPS) is 12.5. The van der Waals surface area contributed by atoms with Gasteiger partial charge in [-0.25, -0.2) is 31.0 Å². The molecule has 0 unspecified atom stereocenters. The van der Waals surface area contributed by atoms with E-state index in [4.69, 9.17) is 10.2 Å². The van der Waals surface area contributed by atoms with Crippen LogP contribution in [0.5, 0.6) is 0 Å². The average Bonchev–Trinajstić information content (AvgIpc) is 3.37. The maximum Gasteiger partial charge on any atom is 0.240 e. The molecule has 2 aromatic heterocycles. The number of hydrogen-bond donors (Lipinski definition) is 6. The van der Waals surface area contributed by atoms with Crippen molar-refractivity contribution in [1.82, 2.24) is 29.2 Å². The number of aromatic nitrogens is 4. The summed E-state index contributed by atoms with van der Waals surface area (Å²) in [5.41, 5.74) is 1.23. The van der Waals surface area contributed by atoms with Gasteiger partial charge in [-0.05, 0) is 69.3 Å². The summed E-state index contributed by atoms with van der Waals surface area (Å²) in [6, 6.07) is 12.0. The van der Waals surface area contributed by atoms with E-state index in [1.165, 1.54) is 24.3 Å². The van der Waals surface area contributed by atoms with Crippen molar-refractivity contribution in [1.29, 1.82) is 0 Å². The van der Waals surface area contributed by atoms with Crippen LogP contribution in [0.1, 0.15) is 20.8 Å². The van der Waals surface area contributed by atoms with E-state index in [1.54, 1.807) is 35.1 Å². The van der Waals surface area contributed by atoms with Crippen LogP contribution in [0, 0.1) is 0 Å². The molecule has 0 aliphatic heterocycles. The summed E-state index contributed by atoms with van der Waals surface area (Å²) in [6.07, 6.45) is 1.64. The molecular formula is C25H32N8O6S2. The summed E-state index contributed by atoms with van der Waals surface area (Å²) >= 11 is 0. The monoisotopic (exact) mass is 604 g/mol. The van der Waals surface area contributed by atoms with Crippen molar-refractivity contribution in [2.75, 3.05) is 36.9 Å². The molecule has 2 heterocycles. The highest BCUT2D eigenvalue weighted by atomic mass is 32.2. The molecule has 6 N–H and O–H groups in total. The number of anilines is 4. The maximum atomic E-state index is 12.3. The second-order valence-electron chi connectivity index (χ2n) is 9.90. The standard InChI is InChI=1S/C25H32N8O6S2/c1-25(2,3)33-23-21(16-26-33)22(29-17-4-8-19(9-5-17)40(36,37)27-12-14-34)31-24(32-23)30-18-6-10-20(11-7-18)41(38,39)28-13-15-35/h4-11,16,27-28,34-35H,12-15H2,1-3H3,(H2,29,30,31,32). The third kappa shape index (κ3) is 7.16. The van der Waals surface area contributed by atoms with E-state index in [-0.39, 0.29) is 42.0 Å². The minimum Gasteiger partial charge on any atom is -0.395 e. The van der Waals surface area contributed by atoms with Gasteiger partial charge in [0.1, 0.15) is 5.82 Å². The predicted molar refractivity (Wildman–Crippen MR) is 154 cm³/mol. The van der Waals surface area contributed by atoms with E-state index >= 15 is 0 Å². The van der Waals surface area contributed by atoms with E-state index < -0.39 is 25.6 Å². The zero-order chi connectivity index (χ0) is 29.8. The number of nitrogens with zero attached hydrogens (tertiary/aromatic N) is 4. The molecule has 0 radical (unpaired) electrons. The first-order chi connectivity index (χ1) is 19.3. The van der Waals surface area contributed by atoms with E-state index in [2.05, 4.69) is 35.1 Å². The predicted octanol–water partition coefficient (Wildman–Crippen LogP) is 1.61. The van der Waals surface area contributed by atoms with Crippen molar-refractivity contribution >= 4 is 54.2 Å². The van der Waals surface area contributed by atoms with Gasteiger partial charge in [0.15, 0.2) is 5.65 Å². The average molecular weight is 605 g/mol. The van der Waals surface area contributed by atoms with Crippen molar-refractivity contribution in [3.05, 3.63) is 54.7 Å². The van der Waals surface area contributed by atoms with Crippen molar-refractivity contribution < 1.29 is 27.0 Å². The van der Waals surface area contributed by atoms with Gasteiger partial charge >= 0.3 is 0 Å². The first-order valence-corrected chi connectivity index (χ1v) is 15.5. The molecule has 0 fully saturated rings. The Hall–Kier alpha value is -3.67. The molecule has 4 rings (SSSR count). The Bertz CT molecular complexity index is 1720. The van der Waals surface area contributed by atoms with Crippen molar-refractivity contribution in [3.63, 3.8) is 0 Å². The molecule has 0 bridgehead atoms. The van der Waals surface area contributed by atoms with Crippen LogP contribution < -0.4 is 20.1 Å². The van der Waals surface area contributed by atoms with Crippen LogP contribution >= 0.6 is 0 Å². The first kappa shape index (κ1) is 30.3. The van der Waals surface area contributed by atoms with Gasteiger partial charge in [-0.1, -0.05) is 0 Å². The van der Waals surface area contributed by atoms with Crippen LogP contribution in [0.3, 0.4) is 0 Å². The fraction of sp³-hybridized carbons (Fsp3) is 0.320. The van der Waals surface area contributed by atoms with Crippen molar-refractivity contribution in [2.24, 2.45) is 0 Å². The number of hydrogen-bond acceptors (Lipinski definition) is 11. The van der Waals surface area contributed by atoms with Gasteiger partial charge in [-0.2, -0.15) is 15.1 Å². The summed E-state index contributed by atoms with van der Waals surface area (Å²) in [5.74, 6) is 0.627. The maximum absolute atomic E-state index is 12.3. The third-order valence-electron chi connectivity index (χ3n) is 5.72. The Balaban J connectivity index is 1.66. The van der Waals surface area contributed by atoms with Gasteiger partial charge < -0.3 is 20.8 Å². The number of fused-ring (bicyclic) bond motifs is 1. The smallest absolute Gasteiger partial charge is 0.240 e. The Morgan fingerprint density at radius 3 is 1.71 bits per heavy atom. The quantitative estimate of drug-likeness (QED) is 0.137. The first-order valence-electron chi connectivity index (χ1n) is 12.6. The molecular weight excluding hydrogens is 572 g/mol. The SMILES string of the molecule is CC(C)(C)n1ncc2c(Nc3ccc(S(=O)(=O)NCCO)cc3)nc(Nc3ccc(S(=O)(=O)NCCO)cc3)nc21. The molecule has 0 amide bonds. The van der Waals surface area contributed by atoms with Gasteiger partial charge in [-0.3, -0.25) is 0 Å². The summed E-state index contributed by atoms with van der Waals surface area (Å²) in [7, 11) is -7.51. The molecule has 16 heteroatoms. The molecule has 14 nitrogen and oxygen atoms in total. The fourth-order valence-electron chi connectivity index (χ4n) is 3.78. The van der Waals surface area contributed by atoms with Gasteiger partial charge in [0, 0.05) is 24.5 Å². The largest absolute Gasteiger partial charge is 0.395 e. The topological polar surface area (TPSA) is 200 Å². The second kappa shape index (κ2) is 12.1. The Morgan fingerprint density at radius 1 is 0.756 bits per heavy atom. The highest BCUT2D eigenvalue weighted by Crippen LogP contribution is 2.29. The number of benzene rings is 2. The number of rotatable bonds is 12. The zero-order valence-corrected chi connectivity index (χ0v) is 24.3. The molecule has 0 atom stereocenters. The lowest BCUT2D eigenvalue weighted by Crippen LogP contribution is -2.26. The van der Waals surface area contributed by atoms with Crippen LogP contribution in [0.4, 0.5) is 23.1 Å². The number of aliphatic hydroxyl groups excluding tert-OH is 2. The van der Waals surface area contributed by atoms with Crippen molar-refractivity contribution in [2.45, 2.75) is 36.1 Å². The van der Waals surface area contributed by atoms with Crippen LogP contribution in [0.2, 0.25) is 0 Å². The molecule has 41 heavy (non-hydrogen) atoms. The molecule has 0 spiro atoms. The molecule has 4 aromatic rings. The second-order valence-corrected chi connectivity index (χ2v) is 13.4. The van der Waals surface area contributed by atoms with E-state index in [0.717, 1.165) is 0 Å². The van der Waals surface area contributed by atoms with Crippen molar-refractivity contribution in [3.8, 4) is 0 Å². The van der Waals surface area contributed by atoms with Crippen LogP contribution in [-0.2, 0) is 25.6 Å². The lowest BCUT2D eigenvalue weighted by atomic mass is 10.1. The highest BCUT2D eigenvalue weighted by Gasteiger charge is 2.22. The van der Waals surface area contributed by atoms with Gasteiger partial charge in [0.2, 0.25) is 26.0 Å². The lowest BCUT2D eigenvalue weighted by Gasteiger charge is -2.20. The van der Waals surface area contributed by atoms with Crippen LogP contribution in [0.25, 0.3) is 11.0 Å². The van der Waals surface area contributed by atoms with E-state index in [0.29, 0.717) is 28.2 Å². The highest BCUT2D eigenvalue weighted by molar-refractivity contribution is 7.89. The Labute approximate surface area is 238 Å². The van der Waals surface area contributed by atoms with Gasteiger partial charge in [-0.15, -0.1) is 0 Å². The Morgan fingerprint density at radius 2 is 1.24 bits per heavy atom. The summed E-state index contributed by atoms with van der Waals surface area (Å²) < 4.78 is 55.7. The molecule has 0 saturated carbocycles. The van der Waals surface area contributed by atoms with E-state index in [9.17, 15) is 16.8 Å². The minimum atomic E-state index is -3.76. The summed E-state index contributed by atoms with van der Waals surface area (Å²) in [6.45, 7) is 5.14. The summed E-state index contributed by atoms with van der Waals surface area (Å²) in [5, 5.41) is 29.2. The third-order valence-corrected chi connectivity index (χ3v) is 8.67. The Kier molecular flexibility index (Phi) is 8.91. The van der Waals surface area contributed by atoms with Crippen LogP contribution in [-0.4, -0.2) is 73.1 Å². The van der Waals surface area contributed by atoms with E-state index in [1.807, 2.05) is 20.8 Å². The minimum absolute atomic E-state index is 0.0399. The van der Waals surface area contributed by atoms with Gasteiger partial charge in [0.25, 0.3) is 0 Å². The number of sulfonamides is 2. The molecule has 0 aliphatic rings. The molecule has 0 saturated heterocycles. The molecule has 0 aliphatic carbocycles. The lowest BCUT2D eigenvalue weighted by molar-refractivity contribution is 0.300. The molecule has 2 aromatic carbocycles. The molecule has 220 valence electrons. The number of nitrogens with one attached hydrogen (secondary N) is 4. The fourth-order valence-corrected chi connectivity index (χ4v) is 5.82. The van der Waals surface area contributed by atoms with Crippen LogP contribution in [0.15, 0.2) is 64.5 Å².